The van der Waals surface area contributed by atoms with Crippen LogP contribution in [0.5, 0.6) is 0 Å². The summed E-state index contributed by atoms with van der Waals surface area (Å²) in [5.41, 5.74) is 5.60. The molecular weight excluding hydrogens is 370 g/mol. The van der Waals surface area contributed by atoms with Gasteiger partial charge in [-0.25, -0.2) is 0 Å². The van der Waals surface area contributed by atoms with E-state index in [1.165, 1.54) is 0 Å². The van der Waals surface area contributed by atoms with Crippen LogP contribution in [0.3, 0.4) is 0 Å². The lowest BCUT2D eigenvalue weighted by molar-refractivity contribution is -0.141. The highest BCUT2D eigenvalue weighted by molar-refractivity contribution is 6.05. The van der Waals surface area contributed by atoms with Crippen molar-refractivity contribution in [2.75, 3.05) is 11.9 Å². The first-order chi connectivity index (χ1) is 13.8. The fourth-order valence-electron chi connectivity index (χ4n) is 3.50. The minimum absolute atomic E-state index is 0.0302. The van der Waals surface area contributed by atoms with Crippen LogP contribution < -0.4 is 5.32 Å². The molecule has 4 rings (SSSR count). The van der Waals surface area contributed by atoms with Gasteiger partial charge in [-0.1, -0.05) is 0 Å². The molecular formula is C23H21NO5. The van der Waals surface area contributed by atoms with Gasteiger partial charge in [0.1, 0.15) is 5.58 Å². The molecule has 148 valence electrons. The predicted octanol–water partition coefficient (Wildman–Crippen LogP) is 4.07. The number of carbonyl (C=O) groups is 3. The Labute approximate surface area is 167 Å². The van der Waals surface area contributed by atoms with Crippen molar-refractivity contribution in [1.82, 2.24) is 0 Å². The Morgan fingerprint density at radius 2 is 1.90 bits per heavy atom. The molecule has 0 spiro atoms. The van der Waals surface area contributed by atoms with Crippen LogP contribution in [-0.2, 0) is 20.7 Å². The van der Waals surface area contributed by atoms with Gasteiger partial charge in [-0.05, 0) is 67.8 Å². The van der Waals surface area contributed by atoms with Gasteiger partial charge in [-0.15, -0.1) is 0 Å². The molecule has 1 amide bonds. The fourth-order valence-corrected chi connectivity index (χ4v) is 3.50. The molecule has 1 aliphatic rings. The molecule has 0 radical (unpaired) electrons. The van der Waals surface area contributed by atoms with E-state index in [1.807, 2.05) is 26.0 Å². The lowest BCUT2D eigenvalue weighted by atomic mass is 9.99. The van der Waals surface area contributed by atoms with Gasteiger partial charge < -0.3 is 14.5 Å². The van der Waals surface area contributed by atoms with Crippen molar-refractivity contribution in [3.8, 4) is 0 Å². The summed E-state index contributed by atoms with van der Waals surface area (Å²) >= 11 is 0. The van der Waals surface area contributed by atoms with E-state index >= 15 is 0 Å². The van der Waals surface area contributed by atoms with E-state index in [0.717, 1.165) is 33.2 Å². The van der Waals surface area contributed by atoms with Crippen molar-refractivity contribution in [3.63, 3.8) is 0 Å². The van der Waals surface area contributed by atoms with E-state index in [-0.39, 0.29) is 30.6 Å². The third kappa shape index (κ3) is 3.53. The summed E-state index contributed by atoms with van der Waals surface area (Å²) < 4.78 is 10.7. The van der Waals surface area contributed by atoms with Crippen LogP contribution in [0.4, 0.5) is 5.69 Å². The minimum atomic E-state index is -0.495. The molecule has 0 aliphatic carbocycles. The lowest BCUT2D eigenvalue weighted by Gasteiger charge is -2.07. The molecule has 0 bridgehead atoms. The monoisotopic (exact) mass is 391 g/mol. The van der Waals surface area contributed by atoms with E-state index in [4.69, 9.17) is 9.15 Å². The molecule has 0 saturated carbocycles. The Hall–Kier alpha value is -3.41. The number of furan rings is 1. The van der Waals surface area contributed by atoms with Crippen molar-refractivity contribution < 1.29 is 23.5 Å². The number of ketones is 1. The molecule has 1 aromatic heterocycles. The SMILES string of the molecule is Cc1cc2occ(CC(=O)OCC(=O)c3ccc4c(c3)[C@H](C)C(=O)N4)c2cc1C. The highest BCUT2D eigenvalue weighted by Crippen LogP contribution is 2.32. The molecule has 0 saturated heterocycles. The Kier molecular flexibility index (Phi) is 4.70. The van der Waals surface area contributed by atoms with Gasteiger partial charge in [0.2, 0.25) is 5.91 Å². The molecule has 1 N–H and O–H groups in total. The van der Waals surface area contributed by atoms with Crippen LogP contribution in [0.2, 0.25) is 0 Å². The van der Waals surface area contributed by atoms with Crippen molar-refractivity contribution in [2.24, 2.45) is 0 Å². The first-order valence-corrected chi connectivity index (χ1v) is 9.44. The average Bonchev–Trinajstić information content (AvgIpc) is 3.20. The average molecular weight is 391 g/mol. The zero-order valence-electron chi connectivity index (χ0n) is 16.5. The number of hydrogen-bond acceptors (Lipinski definition) is 5. The van der Waals surface area contributed by atoms with Crippen LogP contribution >= 0.6 is 0 Å². The van der Waals surface area contributed by atoms with E-state index in [1.54, 1.807) is 31.4 Å². The first-order valence-electron chi connectivity index (χ1n) is 9.44. The molecule has 6 heteroatoms. The third-order valence-electron chi connectivity index (χ3n) is 5.46. The van der Waals surface area contributed by atoms with Crippen molar-refractivity contribution in [1.29, 1.82) is 0 Å². The Morgan fingerprint density at radius 1 is 1.14 bits per heavy atom. The zero-order valence-corrected chi connectivity index (χ0v) is 16.5. The maximum Gasteiger partial charge on any atom is 0.310 e. The van der Waals surface area contributed by atoms with E-state index in [9.17, 15) is 14.4 Å². The van der Waals surface area contributed by atoms with Gasteiger partial charge in [0.15, 0.2) is 12.4 Å². The van der Waals surface area contributed by atoms with E-state index in [2.05, 4.69) is 5.32 Å². The number of fused-ring (bicyclic) bond motifs is 2. The van der Waals surface area contributed by atoms with Gasteiger partial charge in [0.25, 0.3) is 0 Å². The Balaban J connectivity index is 1.41. The highest BCUT2D eigenvalue weighted by Gasteiger charge is 2.27. The normalized spacial score (nSPS) is 15.3. The number of anilines is 1. The van der Waals surface area contributed by atoms with Gasteiger partial charge in [0.05, 0.1) is 18.6 Å². The number of esters is 1. The summed E-state index contributed by atoms with van der Waals surface area (Å²) in [6.45, 7) is 5.45. The van der Waals surface area contributed by atoms with Crippen LogP contribution in [0.1, 0.15) is 45.5 Å². The summed E-state index contributed by atoms with van der Waals surface area (Å²) in [5.74, 6) is -1.20. The standard InChI is InChI=1S/C23H21NO5/c1-12-6-18-16(10-28-21(18)7-13(12)2)9-22(26)29-11-20(25)15-4-5-19-17(8-15)14(3)23(27)24-19/h4-8,10,14H,9,11H2,1-3H3,(H,24,27)/t14-/m0/s1. The van der Waals surface area contributed by atoms with Crippen molar-refractivity contribution in [2.45, 2.75) is 33.1 Å². The smallest absolute Gasteiger partial charge is 0.310 e. The number of rotatable bonds is 5. The zero-order chi connectivity index (χ0) is 20.7. The van der Waals surface area contributed by atoms with Gasteiger partial charge in [0, 0.05) is 22.2 Å². The number of carbonyl (C=O) groups excluding carboxylic acids is 3. The van der Waals surface area contributed by atoms with Crippen LogP contribution in [-0.4, -0.2) is 24.3 Å². The predicted molar refractivity (Wildman–Crippen MR) is 108 cm³/mol. The van der Waals surface area contributed by atoms with Crippen LogP contribution in [0.15, 0.2) is 41.0 Å². The van der Waals surface area contributed by atoms with Crippen molar-refractivity contribution >= 4 is 34.3 Å². The number of benzene rings is 2. The third-order valence-corrected chi connectivity index (χ3v) is 5.46. The quantitative estimate of drug-likeness (QED) is 0.523. The number of nitrogens with one attached hydrogen (secondary N) is 1. The molecule has 2 heterocycles. The van der Waals surface area contributed by atoms with E-state index in [0.29, 0.717) is 11.3 Å². The molecule has 0 fully saturated rings. The van der Waals surface area contributed by atoms with Gasteiger partial charge >= 0.3 is 5.97 Å². The Morgan fingerprint density at radius 3 is 2.69 bits per heavy atom. The second-order valence-corrected chi connectivity index (χ2v) is 7.47. The molecule has 6 nitrogen and oxygen atoms in total. The second-order valence-electron chi connectivity index (χ2n) is 7.47. The maximum atomic E-state index is 12.4. The maximum absolute atomic E-state index is 12.4. The highest BCUT2D eigenvalue weighted by atomic mass is 16.5. The number of aryl methyl sites for hydroxylation is 2. The first kappa shape index (κ1) is 18.9. The number of Topliss-reactive ketones (excluding diaryl/α,β-unsaturated/α-hetero) is 1. The number of amides is 1. The molecule has 1 aliphatic heterocycles. The summed E-state index contributed by atoms with van der Waals surface area (Å²) in [5, 5.41) is 3.64. The molecule has 0 unspecified atom stereocenters. The van der Waals surface area contributed by atoms with Gasteiger partial charge in [-0.2, -0.15) is 0 Å². The summed E-state index contributed by atoms with van der Waals surface area (Å²) in [4.78, 5) is 36.4. The topological polar surface area (TPSA) is 85.6 Å². The minimum Gasteiger partial charge on any atom is -0.464 e. The summed E-state index contributed by atoms with van der Waals surface area (Å²) in [6, 6.07) is 8.94. The number of ether oxygens (including phenoxy) is 1. The number of hydrogen-bond donors (Lipinski definition) is 1. The summed E-state index contributed by atoms with van der Waals surface area (Å²) in [6.07, 6.45) is 1.58. The molecule has 2 aromatic carbocycles. The van der Waals surface area contributed by atoms with Gasteiger partial charge in [-0.3, -0.25) is 14.4 Å². The largest absolute Gasteiger partial charge is 0.464 e. The van der Waals surface area contributed by atoms with E-state index < -0.39 is 5.97 Å². The molecule has 29 heavy (non-hydrogen) atoms. The second kappa shape index (κ2) is 7.20. The van der Waals surface area contributed by atoms with Crippen LogP contribution in [0.25, 0.3) is 11.0 Å². The van der Waals surface area contributed by atoms with Crippen LogP contribution in [0, 0.1) is 13.8 Å². The summed E-state index contributed by atoms with van der Waals surface area (Å²) in [7, 11) is 0. The van der Waals surface area contributed by atoms with Crippen molar-refractivity contribution in [3.05, 3.63) is 64.4 Å². The Bertz CT molecular complexity index is 1160. The fraction of sp³-hybridized carbons (Fsp3) is 0.261. The molecule has 1 atom stereocenters. The molecule has 3 aromatic rings. The lowest BCUT2D eigenvalue weighted by Crippen LogP contribution is -2.15.